The van der Waals surface area contributed by atoms with Crippen molar-refractivity contribution in [2.24, 2.45) is 0 Å². The molecule has 0 amide bonds. The van der Waals surface area contributed by atoms with Crippen LogP contribution in [0.15, 0.2) is 34.8 Å². The fourth-order valence-electron chi connectivity index (χ4n) is 2.46. The molecule has 1 N–H and O–H groups in total. The number of hydrogen-bond donors (Lipinski definition) is 1. The molecule has 1 aromatic carbocycles. The fraction of sp³-hybridized carbons (Fsp3) is 0.333. The van der Waals surface area contributed by atoms with Crippen molar-refractivity contribution in [1.29, 1.82) is 0 Å². The van der Waals surface area contributed by atoms with Gasteiger partial charge < -0.3 is 5.32 Å². The molecule has 0 aliphatic carbocycles. The van der Waals surface area contributed by atoms with E-state index in [1.165, 1.54) is 6.42 Å². The zero-order valence-corrected chi connectivity index (χ0v) is 12.4. The Balaban J connectivity index is 2.04. The first-order chi connectivity index (χ1) is 9.24. The molecule has 1 aliphatic rings. The van der Waals surface area contributed by atoms with Crippen LogP contribution >= 0.6 is 15.9 Å². The summed E-state index contributed by atoms with van der Waals surface area (Å²) in [4.78, 5) is 9.33. The lowest BCUT2D eigenvalue weighted by Gasteiger charge is -2.12. The first-order valence-electron chi connectivity index (χ1n) is 6.58. The molecule has 1 fully saturated rings. The molecule has 1 aromatic heterocycles. The molecular formula is C15H16BrN3. The second-order valence-electron chi connectivity index (χ2n) is 4.88. The van der Waals surface area contributed by atoms with E-state index in [1.807, 2.05) is 31.2 Å². The van der Waals surface area contributed by atoms with Gasteiger partial charge in [0.2, 0.25) is 0 Å². The van der Waals surface area contributed by atoms with Crippen LogP contribution in [0, 0.1) is 6.92 Å². The Morgan fingerprint density at radius 1 is 1.26 bits per heavy atom. The summed E-state index contributed by atoms with van der Waals surface area (Å²) in [5.41, 5.74) is 3.13. The minimum atomic E-state index is 0.307. The van der Waals surface area contributed by atoms with Crippen molar-refractivity contribution in [3.05, 3.63) is 46.3 Å². The summed E-state index contributed by atoms with van der Waals surface area (Å²) in [5, 5.41) is 3.46. The van der Waals surface area contributed by atoms with Gasteiger partial charge in [-0.3, -0.25) is 0 Å². The maximum atomic E-state index is 4.74. The molecule has 0 radical (unpaired) electrons. The standard InChI is InChI=1S/C15H16BrN3/c1-10-9-14(11-5-2-3-6-12(11)16)19-15(18-10)13-7-4-8-17-13/h2-3,5-6,9,13,17H,4,7-8H2,1H3. The van der Waals surface area contributed by atoms with E-state index in [4.69, 9.17) is 4.98 Å². The number of benzene rings is 1. The number of hydrogen-bond acceptors (Lipinski definition) is 3. The Hall–Kier alpha value is -1.26. The summed E-state index contributed by atoms with van der Waals surface area (Å²) >= 11 is 3.59. The number of aryl methyl sites for hydroxylation is 1. The van der Waals surface area contributed by atoms with Gasteiger partial charge in [-0.05, 0) is 38.4 Å². The molecule has 1 unspecified atom stereocenters. The Morgan fingerprint density at radius 2 is 2.11 bits per heavy atom. The van der Waals surface area contributed by atoms with E-state index in [1.54, 1.807) is 0 Å². The second-order valence-corrected chi connectivity index (χ2v) is 5.74. The van der Waals surface area contributed by atoms with Crippen LogP contribution in [0.2, 0.25) is 0 Å². The maximum absolute atomic E-state index is 4.74. The molecular weight excluding hydrogens is 302 g/mol. The van der Waals surface area contributed by atoms with Crippen LogP contribution in [0.25, 0.3) is 11.3 Å². The van der Waals surface area contributed by atoms with Crippen LogP contribution in [0.5, 0.6) is 0 Å². The lowest BCUT2D eigenvalue weighted by atomic mass is 10.1. The fourth-order valence-corrected chi connectivity index (χ4v) is 2.95. The molecule has 0 spiro atoms. The van der Waals surface area contributed by atoms with Crippen molar-refractivity contribution >= 4 is 15.9 Å². The Bertz CT molecular complexity index is 592. The Morgan fingerprint density at radius 3 is 2.84 bits per heavy atom. The molecule has 0 bridgehead atoms. The lowest BCUT2D eigenvalue weighted by molar-refractivity contribution is 0.603. The van der Waals surface area contributed by atoms with Crippen molar-refractivity contribution in [2.45, 2.75) is 25.8 Å². The van der Waals surface area contributed by atoms with Crippen molar-refractivity contribution in [3.63, 3.8) is 0 Å². The van der Waals surface area contributed by atoms with E-state index in [0.29, 0.717) is 6.04 Å². The Labute approximate surface area is 121 Å². The molecule has 1 aliphatic heterocycles. The van der Waals surface area contributed by atoms with Gasteiger partial charge in [0, 0.05) is 15.7 Å². The predicted octanol–water partition coefficient (Wildman–Crippen LogP) is 3.64. The lowest BCUT2D eigenvalue weighted by Crippen LogP contribution is -2.16. The minimum absolute atomic E-state index is 0.307. The van der Waals surface area contributed by atoms with E-state index in [0.717, 1.165) is 40.2 Å². The second kappa shape index (κ2) is 5.39. The summed E-state index contributed by atoms with van der Waals surface area (Å²) in [5.74, 6) is 0.920. The molecule has 2 heterocycles. The normalized spacial score (nSPS) is 18.7. The highest BCUT2D eigenvalue weighted by Gasteiger charge is 2.20. The van der Waals surface area contributed by atoms with Gasteiger partial charge in [-0.2, -0.15) is 0 Å². The van der Waals surface area contributed by atoms with Gasteiger partial charge in [0.1, 0.15) is 5.82 Å². The van der Waals surface area contributed by atoms with Gasteiger partial charge in [0.05, 0.1) is 11.7 Å². The first-order valence-corrected chi connectivity index (χ1v) is 7.37. The third-order valence-corrected chi connectivity index (χ3v) is 4.08. The molecule has 98 valence electrons. The monoisotopic (exact) mass is 317 g/mol. The summed E-state index contributed by atoms with van der Waals surface area (Å²) < 4.78 is 1.07. The average Bonchev–Trinajstić information content (AvgIpc) is 2.92. The number of aromatic nitrogens is 2. The third kappa shape index (κ3) is 2.69. The summed E-state index contributed by atoms with van der Waals surface area (Å²) in [6.07, 6.45) is 2.32. The van der Waals surface area contributed by atoms with Crippen LogP contribution in [0.4, 0.5) is 0 Å². The van der Waals surface area contributed by atoms with Crippen LogP contribution in [0.1, 0.15) is 30.4 Å². The van der Waals surface area contributed by atoms with Gasteiger partial charge in [0.25, 0.3) is 0 Å². The largest absolute Gasteiger partial charge is 0.307 e. The number of nitrogens with zero attached hydrogens (tertiary/aromatic N) is 2. The van der Waals surface area contributed by atoms with Crippen LogP contribution in [-0.2, 0) is 0 Å². The van der Waals surface area contributed by atoms with Gasteiger partial charge in [-0.1, -0.05) is 34.1 Å². The number of nitrogens with one attached hydrogen (secondary N) is 1. The molecule has 2 aromatic rings. The minimum Gasteiger partial charge on any atom is -0.307 e. The maximum Gasteiger partial charge on any atom is 0.146 e. The summed E-state index contributed by atoms with van der Waals surface area (Å²) in [7, 11) is 0. The average molecular weight is 318 g/mol. The van der Waals surface area contributed by atoms with Crippen molar-refractivity contribution in [3.8, 4) is 11.3 Å². The van der Waals surface area contributed by atoms with E-state index < -0.39 is 0 Å². The topological polar surface area (TPSA) is 37.8 Å². The van der Waals surface area contributed by atoms with Crippen LogP contribution in [0.3, 0.4) is 0 Å². The molecule has 0 saturated carbocycles. The molecule has 1 atom stereocenters. The van der Waals surface area contributed by atoms with Crippen molar-refractivity contribution < 1.29 is 0 Å². The summed E-state index contributed by atoms with van der Waals surface area (Å²) in [6, 6.07) is 10.5. The smallest absolute Gasteiger partial charge is 0.146 e. The summed E-state index contributed by atoms with van der Waals surface area (Å²) in [6.45, 7) is 3.09. The van der Waals surface area contributed by atoms with Gasteiger partial charge >= 0.3 is 0 Å². The number of halogens is 1. The van der Waals surface area contributed by atoms with E-state index in [-0.39, 0.29) is 0 Å². The molecule has 4 heteroatoms. The molecule has 3 rings (SSSR count). The van der Waals surface area contributed by atoms with Gasteiger partial charge in [0.15, 0.2) is 0 Å². The van der Waals surface area contributed by atoms with Gasteiger partial charge in [-0.15, -0.1) is 0 Å². The van der Waals surface area contributed by atoms with Crippen molar-refractivity contribution in [1.82, 2.24) is 15.3 Å². The highest BCUT2D eigenvalue weighted by atomic mass is 79.9. The van der Waals surface area contributed by atoms with Crippen LogP contribution < -0.4 is 5.32 Å². The van der Waals surface area contributed by atoms with E-state index in [2.05, 4.69) is 32.3 Å². The SMILES string of the molecule is Cc1cc(-c2ccccc2Br)nc(C2CCCN2)n1. The number of rotatable bonds is 2. The predicted molar refractivity (Wildman–Crippen MR) is 79.9 cm³/mol. The van der Waals surface area contributed by atoms with Crippen LogP contribution in [-0.4, -0.2) is 16.5 Å². The molecule has 3 nitrogen and oxygen atoms in total. The van der Waals surface area contributed by atoms with E-state index in [9.17, 15) is 0 Å². The quantitative estimate of drug-likeness (QED) is 0.919. The molecule has 19 heavy (non-hydrogen) atoms. The first kappa shape index (κ1) is 12.8. The zero-order valence-electron chi connectivity index (χ0n) is 10.9. The highest BCUT2D eigenvalue weighted by molar-refractivity contribution is 9.10. The Kier molecular flexibility index (Phi) is 3.62. The van der Waals surface area contributed by atoms with E-state index >= 15 is 0 Å². The highest BCUT2D eigenvalue weighted by Crippen LogP contribution is 2.28. The van der Waals surface area contributed by atoms with Crippen molar-refractivity contribution in [2.75, 3.05) is 6.54 Å². The molecule has 1 saturated heterocycles. The third-order valence-electron chi connectivity index (χ3n) is 3.39. The zero-order chi connectivity index (χ0) is 13.2. The van der Waals surface area contributed by atoms with Gasteiger partial charge in [-0.25, -0.2) is 9.97 Å².